The monoisotopic (exact) mass is 689 g/mol. The van der Waals surface area contributed by atoms with Gasteiger partial charge in [-0.25, -0.2) is 9.97 Å². The van der Waals surface area contributed by atoms with Crippen molar-refractivity contribution < 1.29 is 4.42 Å². The number of furan rings is 1. The van der Waals surface area contributed by atoms with Gasteiger partial charge in [-0.15, -0.1) is 0 Å². The molecule has 0 aliphatic rings. The van der Waals surface area contributed by atoms with Crippen LogP contribution in [0.3, 0.4) is 0 Å². The first-order chi connectivity index (χ1) is 26.8. The van der Waals surface area contributed by atoms with Gasteiger partial charge in [-0.1, -0.05) is 140 Å². The van der Waals surface area contributed by atoms with E-state index in [0.717, 1.165) is 66.8 Å². The molecule has 0 aliphatic carbocycles. The highest BCUT2D eigenvalue weighted by Gasteiger charge is 2.19. The smallest absolute Gasteiger partial charge is 0.160 e. The second-order valence-corrected chi connectivity index (χ2v) is 13.8. The van der Waals surface area contributed by atoms with E-state index in [-0.39, 0.29) is 0 Å². The summed E-state index contributed by atoms with van der Waals surface area (Å²) >= 11 is 0. The summed E-state index contributed by atoms with van der Waals surface area (Å²) in [5.41, 5.74) is 12.2. The minimum absolute atomic E-state index is 0.688. The van der Waals surface area contributed by atoms with Crippen LogP contribution < -0.4 is 0 Å². The summed E-state index contributed by atoms with van der Waals surface area (Å²) in [5.74, 6) is 0.688. The van der Waals surface area contributed by atoms with Crippen LogP contribution in [-0.2, 0) is 0 Å². The van der Waals surface area contributed by atoms with Crippen molar-refractivity contribution in [1.82, 2.24) is 14.5 Å². The highest BCUT2D eigenvalue weighted by Crippen LogP contribution is 2.42. The normalized spacial score (nSPS) is 11.7. The Kier molecular flexibility index (Phi) is 6.82. The number of rotatable bonds is 5. The lowest BCUT2D eigenvalue weighted by Crippen LogP contribution is -1.96. The molecule has 4 nitrogen and oxygen atoms in total. The number of fused-ring (bicyclic) bond motifs is 8. The first-order valence-corrected chi connectivity index (χ1v) is 18.2. The summed E-state index contributed by atoms with van der Waals surface area (Å²) in [6.07, 6.45) is 0. The molecular formula is C50H31N3O. The van der Waals surface area contributed by atoms with Crippen molar-refractivity contribution in [2.24, 2.45) is 0 Å². The minimum atomic E-state index is 0.688. The van der Waals surface area contributed by atoms with Crippen molar-refractivity contribution in [1.29, 1.82) is 0 Å². The van der Waals surface area contributed by atoms with Crippen molar-refractivity contribution in [2.75, 3.05) is 0 Å². The Bertz CT molecular complexity index is 3140. The average Bonchev–Trinajstić information content (AvgIpc) is 3.80. The lowest BCUT2D eigenvalue weighted by atomic mass is 9.98. The van der Waals surface area contributed by atoms with Crippen molar-refractivity contribution in [3.63, 3.8) is 0 Å². The molecule has 3 heterocycles. The van der Waals surface area contributed by atoms with Crippen molar-refractivity contribution in [3.8, 4) is 50.7 Å². The molecule has 8 aromatic carbocycles. The maximum absolute atomic E-state index is 6.51. The zero-order valence-corrected chi connectivity index (χ0v) is 29.1. The number of benzene rings is 8. The molecule has 0 aliphatic heterocycles. The second kappa shape index (κ2) is 12.1. The second-order valence-electron chi connectivity index (χ2n) is 13.8. The highest BCUT2D eigenvalue weighted by atomic mass is 16.3. The summed E-state index contributed by atoms with van der Waals surface area (Å²) < 4.78 is 8.92. The molecule has 3 aromatic heterocycles. The molecule has 11 aromatic rings. The minimum Gasteiger partial charge on any atom is -0.456 e. The Balaban J connectivity index is 1.11. The maximum atomic E-state index is 6.51. The first-order valence-electron chi connectivity index (χ1n) is 18.2. The summed E-state index contributed by atoms with van der Waals surface area (Å²) in [5, 5.41) is 7.02. The third-order valence-corrected chi connectivity index (χ3v) is 10.6. The van der Waals surface area contributed by atoms with Crippen LogP contribution in [0, 0.1) is 0 Å². The van der Waals surface area contributed by atoms with Gasteiger partial charge in [0.15, 0.2) is 5.82 Å². The van der Waals surface area contributed by atoms with E-state index in [1.165, 1.54) is 32.6 Å². The van der Waals surface area contributed by atoms with Gasteiger partial charge in [0.1, 0.15) is 11.2 Å². The van der Waals surface area contributed by atoms with Gasteiger partial charge in [0.25, 0.3) is 0 Å². The van der Waals surface area contributed by atoms with Crippen LogP contribution in [0.15, 0.2) is 192 Å². The van der Waals surface area contributed by atoms with E-state index in [4.69, 9.17) is 14.4 Å². The molecule has 54 heavy (non-hydrogen) atoms. The van der Waals surface area contributed by atoms with E-state index >= 15 is 0 Å². The van der Waals surface area contributed by atoms with Gasteiger partial charge >= 0.3 is 0 Å². The molecule has 0 unspecified atom stereocenters. The predicted octanol–water partition coefficient (Wildman–Crippen LogP) is 13.3. The van der Waals surface area contributed by atoms with Crippen LogP contribution in [0.2, 0.25) is 0 Å². The summed E-state index contributed by atoms with van der Waals surface area (Å²) in [7, 11) is 0. The molecule has 252 valence electrons. The van der Waals surface area contributed by atoms with Gasteiger partial charge in [0, 0.05) is 49.3 Å². The topological polar surface area (TPSA) is 43.9 Å². The fraction of sp³-hybridized carbons (Fsp3) is 0. The van der Waals surface area contributed by atoms with Gasteiger partial charge in [-0.05, 0) is 65.0 Å². The fourth-order valence-electron chi connectivity index (χ4n) is 8.08. The largest absolute Gasteiger partial charge is 0.456 e. The SMILES string of the molecule is c1ccc(-c2cc(-c3cccc4oc5ccc(-c6ccc7c(c6)c6ccc8ccccc8c6n7-c6ccccc6)cc5c34)nc(-c3ccccc3)n2)cc1. The molecule has 0 N–H and O–H groups in total. The van der Waals surface area contributed by atoms with Crippen LogP contribution in [-0.4, -0.2) is 14.5 Å². The van der Waals surface area contributed by atoms with E-state index in [9.17, 15) is 0 Å². The summed E-state index contributed by atoms with van der Waals surface area (Å²) in [6.45, 7) is 0. The van der Waals surface area contributed by atoms with Crippen molar-refractivity contribution >= 4 is 54.5 Å². The lowest BCUT2D eigenvalue weighted by molar-refractivity contribution is 0.669. The fourth-order valence-corrected chi connectivity index (χ4v) is 8.08. The predicted molar refractivity (Wildman–Crippen MR) is 223 cm³/mol. The molecule has 0 spiro atoms. The van der Waals surface area contributed by atoms with Gasteiger partial charge in [0.05, 0.1) is 22.4 Å². The molecule has 11 rings (SSSR count). The van der Waals surface area contributed by atoms with E-state index in [1.54, 1.807) is 0 Å². The van der Waals surface area contributed by atoms with Crippen molar-refractivity contribution in [3.05, 3.63) is 188 Å². The summed E-state index contributed by atoms with van der Waals surface area (Å²) in [4.78, 5) is 10.2. The molecule has 0 saturated carbocycles. The average molecular weight is 690 g/mol. The van der Waals surface area contributed by atoms with Gasteiger partial charge in [0.2, 0.25) is 0 Å². The quantitative estimate of drug-likeness (QED) is 0.181. The number of para-hydroxylation sites is 1. The highest BCUT2D eigenvalue weighted by molar-refractivity contribution is 6.19. The zero-order valence-electron chi connectivity index (χ0n) is 29.1. The molecule has 0 saturated heterocycles. The molecule has 0 amide bonds. The molecule has 0 bridgehead atoms. The molecule has 4 heteroatoms. The number of aromatic nitrogens is 3. The molecule has 0 fully saturated rings. The third kappa shape index (κ3) is 4.85. The van der Waals surface area contributed by atoms with Gasteiger partial charge < -0.3 is 8.98 Å². The Morgan fingerprint density at radius 2 is 1.09 bits per heavy atom. The Morgan fingerprint density at radius 3 is 1.91 bits per heavy atom. The van der Waals surface area contributed by atoms with Crippen LogP contribution >= 0.6 is 0 Å². The van der Waals surface area contributed by atoms with Crippen LogP contribution in [0.25, 0.3) is 105 Å². The van der Waals surface area contributed by atoms with E-state index < -0.39 is 0 Å². The lowest BCUT2D eigenvalue weighted by Gasteiger charge is -2.10. The van der Waals surface area contributed by atoms with E-state index in [1.807, 2.05) is 48.5 Å². The Labute approximate surface area is 311 Å². The standard InChI is InChI=1S/C50H31N3O/c1-4-14-33(15-5-1)43-31-44(52-50(51-43)34-16-6-2-7-17-34)40-21-12-22-47-48(40)42-30-36(25-28-46(42)54-47)35-24-27-45-41(29-35)39-26-23-32-13-10-11-20-38(32)49(39)53(45)37-18-8-3-9-19-37/h1-31H. The van der Waals surface area contributed by atoms with Crippen LogP contribution in [0.5, 0.6) is 0 Å². The summed E-state index contributed by atoms with van der Waals surface area (Å²) in [6, 6.07) is 66.1. The molecule has 0 atom stereocenters. The van der Waals surface area contributed by atoms with E-state index in [2.05, 4.69) is 144 Å². The number of hydrogen-bond acceptors (Lipinski definition) is 3. The number of nitrogens with zero attached hydrogens (tertiary/aromatic N) is 3. The maximum Gasteiger partial charge on any atom is 0.160 e. The number of hydrogen-bond donors (Lipinski definition) is 0. The van der Waals surface area contributed by atoms with Crippen LogP contribution in [0.4, 0.5) is 0 Å². The molecule has 0 radical (unpaired) electrons. The zero-order chi connectivity index (χ0) is 35.6. The van der Waals surface area contributed by atoms with Gasteiger partial charge in [-0.3, -0.25) is 0 Å². The van der Waals surface area contributed by atoms with Crippen LogP contribution in [0.1, 0.15) is 0 Å². The Hall–Kier alpha value is -7.30. The molecular weight excluding hydrogens is 659 g/mol. The Morgan fingerprint density at radius 1 is 0.407 bits per heavy atom. The third-order valence-electron chi connectivity index (χ3n) is 10.6. The first kappa shape index (κ1) is 30.3. The van der Waals surface area contributed by atoms with E-state index in [0.29, 0.717) is 5.82 Å². The van der Waals surface area contributed by atoms with Crippen molar-refractivity contribution in [2.45, 2.75) is 0 Å². The van der Waals surface area contributed by atoms with Gasteiger partial charge in [-0.2, -0.15) is 0 Å².